The van der Waals surface area contributed by atoms with Gasteiger partial charge in [-0.2, -0.15) is 0 Å². The smallest absolute Gasteiger partial charge is 0.311 e. The van der Waals surface area contributed by atoms with Crippen LogP contribution in [0.15, 0.2) is 73.1 Å². The van der Waals surface area contributed by atoms with Crippen LogP contribution in [0.4, 0.5) is 0 Å². The van der Waals surface area contributed by atoms with Crippen molar-refractivity contribution in [1.82, 2.24) is 9.97 Å². The molecule has 0 N–H and O–H groups in total. The molecule has 1 aromatic heterocycles. The molecule has 0 aliphatic heterocycles. The van der Waals surface area contributed by atoms with E-state index in [0.29, 0.717) is 24.8 Å². The lowest BCUT2D eigenvalue weighted by molar-refractivity contribution is -0.139. The molecule has 1 heterocycles. The molecule has 3 aromatic rings. The minimum absolute atomic E-state index is 0.0383. The minimum atomic E-state index is -2.52. The van der Waals surface area contributed by atoms with Gasteiger partial charge in [0, 0.05) is 19.0 Å². The van der Waals surface area contributed by atoms with Gasteiger partial charge < -0.3 is 13.9 Å². The van der Waals surface area contributed by atoms with Crippen molar-refractivity contribution in [2.75, 3.05) is 20.3 Å². The van der Waals surface area contributed by atoms with Crippen molar-refractivity contribution >= 4 is 24.7 Å². The topological polar surface area (TPSA) is 70.5 Å². The Morgan fingerprint density at radius 3 is 1.97 bits per heavy atom. The molecule has 0 spiro atoms. The van der Waals surface area contributed by atoms with Gasteiger partial charge in [0.05, 0.1) is 20.1 Å². The Balaban J connectivity index is 1.66. The Bertz CT molecular complexity index is 1000. The molecule has 0 amide bonds. The van der Waals surface area contributed by atoms with E-state index < -0.39 is 8.32 Å². The number of rotatable bonds is 11. The predicted molar refractivity (Wildman–Crippen MR) is 136 cm³/mol. The van der Waals surface area contributed by atoms with Gasteiger partial charge in [-0.25, -0.2) is 4.98 Å². The maximum absolute atomic E-state index is 11.6. The van der Waals surface area contributed by atoms with E-state index in [9.17, 15) is 4.79 Å². The molecule has 6 nitrogen and oxygen atoms in total. The van der Waals surface area contributed by atoms with E-state index in [0.717, 1.165) is 12.8 Å². The monoisotopic (exact) mass is 478 g/mol. The summed E-state index contributed by atoms with van der Waals surface area (Å²) in [5.74, 6) is 0.00450. The Labute approximate surface area is 203 Å². The summed E-state index contributed by atoms with van der Waals surface area (Å²) in [5, 5.41) is 2.50. The molecule has 0 aliphatic carbocycles. The number of aromatic nitrogens is 2. The first kappa shape index (κ1) is 25.6. The number of nitrogens with zero attached hydrogens (tertiary/aromatic N) is 2. The summed E-state index contributed by atoms with van der Waals surface area (Å²) in [6.07, 6.45) is 4.78. The second-order valence-electron chi connectivity index (χ2n) is 9.13. The Hall–Kier alpha value is -3.03. The van der Waals surface area contributed by atoms with Gasteiger partial charge >= 0.3 is 5.97 Å². The molecule has 7 heteroatoms. The lowest BCUT2D eigenvalue weighted by atomic mass is 10.2. The minimum Gasteiger partial charge on any atom is -0.476 e. The Morgan fingerprint density at radius 2 is 1.41 bits per heavy atom. The number of carbonyl (C=O) groups is 1. The average Bonchev–Trinajstić information content (AvgIpc) is 2.85. The summed E-state index contributed by atoms with van der Waals surface area (Å²) >= 11 is 0. The largest absolute Gasteiger partial charge is 0.476 e. The van der Waals surface area contributed by atoms with Crippen LogP contribution in [0.1, 0.15) is 39.3 Å². The number of carbonyl (C=O) groups excluding carboxylic acids is 1. The SMILES string of the molecule is COC(=O)Cc1nccnc1OCCCCO[Si](c1ccccc1)(c1ccccc1)C(C)(C)C. The molecular weight excluding hydrogens is 444 g/mol. The fourth-order valence-electron chi connectivity index (χ4n) is 4.16. The van der Waals surface area contributed by atoms with Crippen LogP contribution in [-0.2, 0) is 20.4 Å². The first-order chi connectivity index (χ1) is 16.4. The molecule has 180 valence electrons. The van der Waals surface area contributed by atoms with Gasteiger partial charge in [-0.1, -0.05) is 81.4 Å². The van der Waals surface area contributed by atoms with Crippen LogP contribution >= 0.6 is 0 Å². The summed E-state index contributed by atoms with van der Waals surface area (Å²) in [6, 6.07) is 21.3. The summed E-state index contributed by atoms with van der Waals surface area (Å²) in [7, 11) is -1.17. The Morgan fingerprint density at radius 1 is 0.853 bits per heavy atom. The molecule has 0 saturated carbocycles. The zero-order chi connectivity index (χ0) is 24.4. The van der Waals surface area contributed by atoms with Crippen molar-refractivity contribution in [2.24, 2.45) is 0 Å². The number of benzene rings is 2. The van der Waals surface area contributed by atoms with Crippen LogP contribution in [0.25, 0.3) is 0 Å². The highest BCUT2D eigenvalue weighted by atomic mass is 28.4. The number of unbranched alkanes of at least 4 members (excludes halogenated alkanes) is 1. The number of methoxy groups -OCH3 is 1. The standard InChI is InChI=1S/C27H34N2O4Si/c1-27(2,3)34(22-13-7-5-8-14-22,23-15-9-6-10-16-23)33-20-12-11-19-32-26-24(21-25(30)31-4)28-17-18-29-26/h5-10,13-18H,11-12,19-21H2,1-4H3. The normalized spacial score (nSPS) is 11.8. The van der Waals surface area contributed by atoms with E-state index in [1.165, 1.54) is 17.5 Å². The van der Waals surface area contributed by atoms with E-state index in [2.05, 4.69) is 91.4 Å². The molecule has 0 saturated heterocycles. The van der Waals surface area contributed by atoms with Crippen LogP contribution < -0.4 is 15.1 Å². The summed E-state index contributed by atoms with van der Waals surface area (Å²) in [5.41, 5.74) is 0.484. The lowest BCUT2D eigenvalue weighted by Gasteiger charge is -2.43. The molecule has 0 aliphatic rings. The van der Waals surface area contributed by atoms with Crippen molar-refractivity contribution in [2.45, 2.75) is 45.1 Å². The molecular formula is C27H34N2O4Si. The highest BCUT2D eigenvalue weighted by Gasteiger charge is 2.49. The Kier molecular flexibility index (Phi) is 8.96. The van der Waals surface area contributed by atoms with Gasteiger partial charge in [0.1, 0.15) is 5.69 Å². The lowest BCUT2D eigenvalue weighted by Crippen LogP contribution is -2.66. The number of esters is 1. The van der Waals surface area contributed by atoms with E-state index in [1.54, 1.807) is 12.4 Å². The van der Waals surface area contributed by atoms with Crippen molar-refractivity contribution in [3.8, 4) is 5.88 Å². The van der Waals surface area contributed by atoms with Crippen LogP contribution in [0.2, 0.25) is 5.04 Å². The van der Waals surface area contributed by atoms with Crippen LogP contribution in [0.3, 0.4) is 0 Å². The third kappa shape index (κ3) is 6.10. The van der Waals surface area contributed by atoms with E-state index in [4.69, 9.17) is 13.9 Å². The third-order valence-electron chi connectivity index (χ3n) is 5.79. The summed E-state index contributed by atoms with van der Waals surface area (Å²) in [4.78, 5) is 20.0. The first-order valence-electron chi connectivity index (χ1n) is 11.6. The quantitative estimate of drug-likeness (QED) is 0.236. The van der Waals surface area contributed by atoms with E-state index >= 15 is 0 Å². The first-order valence-corrected chi connectivity index (χ1v) is 13.5. The van der Waals surface area contributed by atoms with Gasteiger partial charge in [-0.05, 0) is 28.3 Å². The molecule has 2 aromatic carbocycles. The fraction of sp³-hybridized carbons (Fsp3) is 0.370. The molecule has 0 unspecified atom stereocenters. The summed E-state index contributed by atoms with van der Waals surface area (Å²) in [6.45, 7) is 7.93. The second kappa shape index (κ2) is 11.9. The van der Waals surface area contributed by atoms with Crippen LogP contribution in [0, 0.1) is 0 Å². The summed E-state index contributed by atoms with van der Waals surface area (Å²) < 4.78 is 17.5. The van der Waals surface area contributed by atoms with Gasteiger partial charge in [0.15, 0.2) is 0 Å². The van der Waals surface area contributed by atoms with Gasteiger partial charge in [-0.3, -0.25) is 9.78 Å². The van der Waals surface area contributed by atoms with Gasteiger partial charge in [0.25, 0.3) is 8.32 Å². The molecule has 0 fully saturated rings. The zero-order valence-corrected chi connectivity index (χ0v) is 21.5. The van der Waals surface area contributed by atoms with Crippen molar-refractivity contribution in [3.05, 3.63) is 78.8 Å². The number of hydrogen-bond donors (Lipinski definition) is 0. The molecule has 0 bridgehead atoms. The predicted octanol–water partition coefficient (Wildman–Crippen LogP) is 3.93. The van der Waals surface area contributed by atoms with Crippen molar-refractivity contribution < 1.29 is 18.7 Å². The number of hydrogen-bond acceptors (Lipinski definition) is 6. The molecule has 3 rings (SSSR count). The second-order valence-corrected chi connectivity index (χ2v) is 13.4. The van der Waals surface area contributed by atoms with Crippen molar-refractivity contribution in [3.63, 3.8) is 0 Å². The van der Waals surface area contributed by atoms with E-state index in [-0.39, 0.29) is 17.4 Å². The van der Waals surface area contributed by atoms with Crippen molar-refractivity contribution in [1.29, 1.82) is 0 Å². The zero-order valence-electron chi connectivity index (χ0n) is 20.5. The highest BCUT2D eigenvalue weighted by Crippen LogP contribution is 2.36. The van der Waals surface area contributed by atoms with Crippen LogP contribution in [-0.4, -0.2) is 44.6 Å². The maximum atomic E-state index is 11.6. The fourth-order valence-corrected chi connectivity index (χ4v) is 8.77. The number of ether oxygens (including phenoxy) is 2. The van der Waals surface area contributed by atoms with E-state index in [1.807, 2.05) is 0 Å². The molecule has 0 radical (unpaired) electrons. The van der Waals surface area contributed by atoms with Gasteiger partial charge in [0.2, 0.25) is 5.88 Å². The highest BCUT2D eigenvalue weighted by molar-refractivity contribution is 6.99. The molecule has 34 heavy (non-hydrogen) atoms. The van der Waals surface area contributed by atoms with Gasteiger partial charge in [-0.15, -0.1) is 0 Å². The third-order valence-corrected chi connectivity index (χ3v) is 10.8. The molecule has 0 atom stereocenters. The maximum Gasteiger partial charge on any atom is 0.311 e. The van der Waals surface area contributed by atoms with Crippen LogP contribution in [0.5, 0.6) is 5.88 Å². The average molecular weight is 479 g/mol.